The van der Waals surface area contributed by atoms with Gasteiger partial charge in [-0.25, -0.2) is 4.98 Å². The zero-order valence-corrected chi connectivity index (χ0v) is 15.5. The molecule has 0 bridgehead atoms. The fourth-order valence-electron chi connectivity index (χ4n) is 3.42. The van der Waals surface area contributed by atoms with Gasteiger partial charge >= 0.3 is 0 Å². The van der Waals surface area contributed by atoms with Gasteiger partial charge in [0.05, 0.1) is 17.4 Å². The lowest BCUT2D eigenvalue weighted by Gasteiger charge is -2.13. The van der Waals surface area contributed by atoms with E-state index in [9.17, 15) is 9.59 Å². The Morgan fingerprint density at radius 3 is 2.31 bits per heavy atom. The summed E-state index contributed by atoms with van der Waals surface area (Å²) < 4.78 is 6.76. The molecule has 0 saturated heterocycles. The molecule has 4 aromatic rings. The van der Waals surface area contributed by atoms with Crippen molar-refractivity contribution in [3.8, 4) is 17.1 Å². The number of benzene rings is 2. The summed E-state index contributed by atoms with van der Waals surface area (Å²) in [6.45, 7) is 0. The lowest BCUT2D eigenvalue weighted by molar-refractivity contribution is 0.103. The third-order valence-electron chi connectivity index (χ3n) is 5.04. The van der Waals surface area contributed by atoms with Gasteiger partial charge in [0.2, 0.25) is 5.78 Å². The van der Waals surface area contributed by atoms with E-state index in [0.29, 0.717) is 22.8 Å². The third kappa shape index (κ3) is 3.08. The largest absolute Gasteiger partial charge is 0.360 e. The van der Waals surface area contributed by atoms with E-state index >= 15 is 0 Å². The van der Waals surface area contributed by atoms with Crippen LogP contribution in [0.4, 0.5) is 0 Å². The Morgan fingerprint density at radius 2 is 1.62 bits per heavy atom. The summed E-state index contributed by atoms with van der Waals surface area (Å²) in [5.74, 6) is 0.846. The van der Waals surface area contributed by atoms with Gasteiger partial charge in [0.15, 0.2) is 5.76 Å². The number of carbonyl (C=O) groups is 1. The molecule has 0 N–H and O–H groups in total. The second-order valence-corrected chi connectivity index (χ2v) is 7.04. The number of ketones is 1. The van der Waals surface area contributed by atoms with Crippen molar-refractivity contribution in [1.82, 2.24) is 14.7 Å². The molecular formula is C23H17N3O3. The fourth-order valence-corrected chi connectivity index (χ4v) is 3.42. The van der Waals surface area contributed by atoms with Gasteiger partial charge in [-0.2, -0.15) is 0 Å². The Hall–Kier alpha value is -3.80. The van der Waals surface area contributed by atoms with Crippen molar-refractivity contribution in [2.75, 3.05) is 0 Å². The zero-order valence-electron chi connectivity index (χ0n) is 15.5. The van der Waals surface area contributed by atoms with Crippen molar-refractivity contribution in [2.45, 2.75) is 18.8 Å². The normalized spacial score (nSPS) is 13.4. The maximum atomic E-state index is 13.4. The number of hydrogen-bond acceptors (Lipinski definition) is 5. The predicted octanol–water partition coefficient (Wildman–Crippen LogP) is 4.00. The van der Waals surface area contributed by atoms with Crippen LogP contribution >= 0.6 is 0 Å². The van der Waals surface area contributed by atoms with Crippen LogP contribution < -0.4 is 5.56 Å². The van der Waals surface area contributed by atoms with Gasteiger partial charge in [-0.15, -0.1) is 0 Å². The summed E-state index contributed by atoms with van der Waals surface area (Å²) in [5.41, 5.74) is 1.36. The molecule has 0 amide bonds. The second kappa shape index (κ2) is 6.98. The van der Waals surface area contributed by atoms with E-state index in [1.165, 1.54) is 17.0 Å². The molecule has 0 unspecified atom stereocenters. The van der Waals surface area contributed by atoms with Crippen molar-refractivity contribution < 1.29 is 9.32 Å². The molecule has 0 atom stereocenters. The molecule has 2 heterocycles. The van der Waals surface area contributed by atoms with Crippen LogP contribution in [-0.4, -0.2) is 20.5 Å². The van der Waals surface area contributed by atoms with Gasteiger partial charge in [-0.05, 0) is 25.0 Å². The van der Waals surface area contributed by atoms with Crippen LogP contribution in [0.1, 0.15) is 40.4 Å². The predicted molar refractivity (Wildman–Crippen MR) is 107 cm³/mol. The molecule has 6 heteroatoms. The Labute approximate surface area is 166 Å². The molecule has 0 spiro atoms. The maximum absolute atomic E-state index is 13.4. The molecule has 29 heavy (non-hydrogen) atoms. The number of para-hydroxylation sites is 1. The van der Waals surface area contributed by atoms with E-state index in [-0.39, 0.29) is 11.5 Å². The topological polar surface area (TPSA) is 78.0 Å². The highest BCUT2D eigenvalue weighted by molar-refractivity contribution is 6.09. The summed E-state index contributed by atoms with van der Waals surface area (Å²) in [7, 11) is 0. The average molecular weight is 383 g/mol. The van der Waals surface area contributed by atoms with Gasteiger partial charge < -0.3 is 4.52 Å². The Morgan fingerprint density at radius 1 is 0.931 bits per heavy atom. The molecule has 6 nitrogen and oxygen atoms in total. The van der Waals surface area contributed by atoms with E-state index in [0.717, 1.165) is 18.4 Å². The van der Waals surface area contributed by atoms with Crippen LogP contribution in [0.15, 0.2) is 82.4 Å². The third-order valence-corrected chi connectivity index (χ3v) is 5.04. The smallest absolute Gasteiger partial charge is 0.269 e. The van der Waals surface area contributed by atoms with E-state index in [1.54, 1.807) is 0 Å². The van der Waals surface area contributed by atoms with Gasteiger partial charge in [-0.1, -0.05) is 53.7 Å². The summed E-state index contributed by atoms with van der Waals surface area (Å²) in [6, 6.07) is 18.6. The quantitative estimate of drug-likeness (QED) is 0.487. The molecule has 1 aliphatic carbocycles. The highest BCUT2D eigenvalue weighted by Gasteiger charge is 2.33. The summed E-state index contributed by atoms with van der Waals surface area (Å²) in [6.07, 6.45) is 4.69. The molecule has 0 radical (unpaired) electrons. The van der Waals surface area contributed by atoms with Crippen LogP contribution in [0.5, 0.6) is 0 Å². The van der Waals surface area contributed by atoms with Crippen LogP contribution in [0.25, 0.3) is 17.1 Å². The second-order valence-electron chi connectivity index (χ2n) is 7.04. The van der Waals surface area contributed by atoms with Gasteiger partial charge in [0.1, 0.15) is 11.4 Å². The first-order chi connectivity index (χ1) is 14.2. The fraction of sp³-hybridized carbons (Fsp3) is 0.130. The molecule has 142 valence electrons. The molecule has 5 rings (SSSR count). The number of aromatic nitrogens is 3. The molecule has 1 fully saturated rings. The number of rotatable bonds is 5. The monoisotopic (exact) mass is 383 g/mol. The highest BCUT2D eigenvalue weighted by Crippen LogP contribution is 2.41. The lowest BCUT2D eigenvalue weighted by atomic mass is 10.0. The average Bonchev–Trinajstić information content (AvgIpc) is 3.50. The molecular weight excluding hydrogens is 366 g/mol. The van der Waals surface area contributed by atoms with Crippen molar-refractivity contribution in [2.24, 2.45) is 0 Å². The molecule has 1 aliphatic rings. The first kappa shape index (κ1) is 17.3. The Kier molecular flexibility index (Phi) is 4.17. The SMILES string of the molecule is O=C(c1cnoc1C1CC1)c1cnc(-c2ccccc2)n(-c2ccccc2)c1=O. The van der Waals surface area contributed by atoms with Crippen LogP contribution in [0.2, 0.25) is 0 Å². The van der Waals surface area contributed by atoms with E-state index in [2.05, 4.69) is 10.1 Å². The van der Waals surface area contributed by atoms with E-state index in [1.807, 2.05) is 60.7 Å². The summed E-state index contributed by atoms with van der Waals surface area (Å²) in [4.78, 5) is 31.1. The lowest BCUT2D eigenvalue weighted by Crippen LogP contribution is -2.28. The first-order valence-electron chi connectivity index (χ1n) is 9.46. The van der Waals surface area contributed by atoms with Crippen LogP contribution in [0, 0.1) is 0 Å². The zero-order chi connectivity index (χ0) is 19.8. The van der Waals surface area contributed by atoms with Crippen LogP contribution in [0.3, 0.4) is 0 Å². The van der Waals surface area contributed by atoms with E-state index in [4.69, 9.17) is 4.52 Å². The first-order valence-corrected chi connectivity index (χ1v) is 9.46. The molecule has 2 aromatic carbocycles. The number of carbonyl (C=O) groups excluding carboxylic acids is 1. The Balaban J connectivity index is 1.70. The van der Waals surface area contributed by atoms with E-state index < -0.39 is 11.3 Å². The molecule has 0 aliphatic heterocycles. The van der Waals surface area contributed by atoms with Crippen molar-refractivity contribution in [1.29, 1.82) is 0 Å². The highest BCUT2D eigenvalue weighted by atomic mass is 16.5. The summed E-state index contributed by atoms with van der Waals surface area (Å²) >= 11 is 0. The Bertz CT molecular complexity index is 1240. The summed E-state index contributed by atoms with van der Waals surface area (Å²) in [5, 5.41) is 3.78. The van der Waals surface area contributed by atoms with Gasteiger partial charge in [0.25, 0.3) is 5.56 Å². The van der Waals surface area contributed by atoms with Crippen molar-refractivity contribution in [3.05, 3.63) is 100 Å². The van der Waals surface area contributed by atoms with Crippen molar-refractivity contribution >= 4 is 5.78 Å². The number of nitrogens with zero attached hydrogens (tertiary/aromatic N) is 3. The maximum Gasteiger partial charge on any atom is 0.269 e. The standard InChI is InChI=1S/C23H17N3O3/c27-20(18-14-25-29-21(18)15-11-12-15)19-13-24-22(16-7-3-1-4-8-16)26(23(19)28)17-9-5-2-6-10-17/h1-10,13-15H,11-12H2. The minimum absolute atomic E-state index is 0.00126. The minimum Gasteiger partial charge on any atom is -0.360 e. The van der Waals surface area contributed by atoms with Gasteiger partial charge in [-0.3, -0.25) is 14.2 Å². The number of hydrogen-bond donors (Lipinski definition) is 0. The molecule has 2 aromatic heterocycles. The van der Waals surface area contributed by atoms with Crippen molar-refractivity contribution in [3.63, 3.8) is 0 Å². The molecule has 1 saturated carbocycles. The minimum atomic E-state index is -0.419. The van der Waals surface area contributed by atoms with Crippen LogP contribution in [-0.2, 0) is 0 Å². The van der Waals surface area contributed by atoms with Gasteiger partial charge in [0, 0.05) is 17.7 Å².